The smallest absolute Gasteiger partial charge is 0.116 e. The van der Waals surface area contributed by atoms with Crippen molar-refractivity contribution in [2.75, 3.05) is 5.32 Å². The van der Waals surface area contributed by atoms with Crippen molar-refractivity contribution in [2.45, 2.75) is 34.1 Å². The zero-order valence-electron chi connectivity index (χ0n) is 12.3. The van der Waals surface area contributed by atoms with Gasteiger partial charge in [0.15, 0.2) is 0 Å². The quantitative estimate of drug-likeness (QED) is 0.495. The summed E-state index contributed by atoms with van der Waals surface area (Å²) in [5, 5.41) is 12.2. The summed E-state index contributed by atoms with van der Waals surface area (Å²) in [6.45, 7) is 8.11. The fourth-order valence-electron chi connectivity index (χ4n) is 1.86. The number of aryl methyl sites for hydroxylation is 1. The molecule has 0 saturated carbocycles. The Bertz CT molecular complexity index is 582. The van der Waals surface area contributed by atoms with Crippen molar-refractivity contribution in [3.8, 4) is 6.07 Å². The first kappa shape index (κ1) is 16.1. The highest BCUT2D eigenvalue weighted by molar-refractivity contribution is 7.80. The van der Waals surface area contributed by atoms with Crippen molar-refractivity contribution in [1.29, 1.82) is 5.26 Å². The minimum atomic E-state index is 0.0968. The number of anilines is 1. The molecule has 106 valence electrons. The van der Waals surface area contributed by atoms with Crippen LogP contribution in [0.1, 0.15) is 32.0 Å². The number of nitrogens with zero attached hydrogens (tertiary/aromatic N) is 2. The largest absolute Gasteiger partial charge is 0.389 e. The van der Waals surface area contributed by atoms with Crippen molar-refractivity contribution < 1.29 is 0 Å². The molecule has 5 heteroatoms. The van der Waals surface area contributed by atoms with Crippen LogP contribution >= 0.6 is 12.2 Å². The second-order valence-corrected chi connectivity index (χ2v) is 5.63. The van der Waals surface area contributed by atoms with E-state index in [2.05, 4.69) is 30.2 Å². The summed E-state index contributed by atoms with van der Waals surface area (Å²) in [6.07, 6.45) is 2.73. The summed E-state index contributed by atoms with van der Waals surface area (Å²) >= 11 is 4.85. The first-order valence-corrected chi connectivity index (χ1v) is 6.89. The highest BCUT2D eigenvalue weighted by Gasteiger charge is 2.08. The Labute approximate surface area is 125 Å². The maximum Gasteiger partial charge on any atom is 0.116 e. The average Bonchev–Trinajstić information content (AvgIpc) is 2.32. The van der Waals surface area contributed by atoms with Crippen molar-refractivity contribution in [3.05, 3.63) is 34.8 Å². The number of aromatic nitrogens is 1. The Hall–Kier alpha value is -1.93. The molecule has 1 aromatic rings. The van der Waals surface area contributed by atoms with Crippen LogP contribution < -0.4 is 11.1 Å². The van der Waals surface area contributed by atoms with E-state index in [0.717, 1.165) is 23.4 Å². The molecule has 0 saturated heterocycles. The lowest BCUT2D eigenvalue weighted by Gasteiger charge is -2.13. The molecule has 3 N–H and O–H groups in total. The maximum absolute atomic E-state index is 9.03. The lowest BCUT2D eigenvalue weighted by atomic mass is 10.1. The molecule has 0 aliphatic rings. The predicted molar refractivity (Wildman–Crippen MR) is 86.2 cm³/mol. The van der Waals surface area contributed by atoms with E-state index in [-0.39, 0.29) is 4.99 Å². The summed E-state index contributed by atoms with van der Waals surface area (Å²) in [5.41, 5.74) is 9.46. The van der Waals surface area contributed by atoms with Crippen LogP contribution in [0.15, 0.2) is 23.5 Å². The molecule has 20 heavy (non-hydrogen) atoms. The van der Waals surface area contributed by atoms with Crippen molar-refractivity contribution in [3.63, 3.8) is 0 Å². The molecule has 0 radical (unpaired) electrons. The predicted octanol–water partition coefficient (Wildman–Crippen LogP) is 3.08. The zero-order chi connectivity index (χ0) is 15.3. The SMILES string of the molecule is C/C(Nc1cnc(CC(C)C)cc1C)=C(/C#N)C(N)=S. The number of hydrogen-bond donors (Lipinski definition) is 2. The number of nitrogens with two attached hydrogens (primary N) is 1. The van der Waals surface area contributed by atoms with Crippen molar-refractivity contribution >= 4 is 22.9 Å². The molecule has 0 aromatic carbocycles. The van der Waals surface area contributed by atoms with Crippen LogP contribution in [0.25, 0.3) is 0 Å². The lowest BCUT2D eigenvalue weighted by molar-refractivity contribution is 0.635. The van der Waals surface area contributed by atoms with Gasteiger partial charge in [0.1, 0.15) is 16.6 Å². The highest BCUT2D eigenvalue weighted by atomic mass is 32.1. The molecule has 0 fully saturated rings. The third-order valence-corrected chi connectivity index (χ3v) is 3.04. The average molecular weight is 288 g/mol. The van der Waals surface area contributed by atoms with Gasteiger partial charge in [-0.1, -0.05) is 26.1 Å². The van der Waals surface area contributed by atoms with Gasteiger partial charge in [-0.15, -0.1) is 0 Å². The van der Waals surface area contributed by atoms with Gasteiger partial charge in [-0.05, 0) is 37.8 Å². The molecule has 0 aliphatic heterocycles. The van der Waals surface area contributed by atoms with Gasteiger partial charge in [0.25, 0.3) is 0 Å². The summed E-state index contributed by atoms with van der Waals surface area (Å²) in [5.74, 6) is 0.571. The molecular formula is C15H20N4S. The monoisotopic (exact) mass is 288 g/mol. The van der Waals surface area contributed by atoms with Crippen LogP contribution in [-0.2, 0) is 6.42 Å². The van der Waals surface area contributed by atoms with E-state index in [1.165, 1.54) is 0 Å². The summed E-state index contributed by atoms with van der Waals surface area (Å²) in [6, 6.07) is 4.07. The van der Waals surface area contributed by atoms with E-state index in [1.54, 1.807) is 13.1 Å². The first-order valence-electron chi connectivity index (χ1n) is 6.48. The minimum absolute atomic E-state index is 0.0968. The number of pyridine rings is 1. The first-order chi connectivity index (χ1) is 9.35. The number of allylic oxidation sites excluding steroid dienone is 1. The molecule has 1 heterocycles. The lowest BCUT2D eigenvalue weighted by Crippen LogP contribution is -2.15. The molecule has 0 bridgehead atoms. The van der Waals surface area contributed by atoms with Crippen LogP contribution in [0.4, 0.5) is 5.69 Å². The Kier molecular flexibility index (Phi) is 5.66. The van der Waals surface area contributed by atoms with Crippen LogP contribution in [0.3, 0.4) is 0 Å². The Morgan fingerprint density at radius 3 is 2.65 bits per heavy atom. The van der Waals surface area contributed by atoms with Crippen LogP contribution in [-0.4, -0.2) is 9.97 Å². The molecular weight excluding hydrogens is 268 g/mol. The molecule has 0 aliphatic carbocycles. The third-order valence-electron chi connectivity index (χ3n) is 2.84. The molecule has 0 unspecified atom stereocenters. The number of hydrogen-bond acceptors (Lipinski definition) is 4. The Morgan fingerprint density at radius 2 is 2.20 bits per heavy atom. The maximum atomic E-state index is 9.03. The fourth-order valence-corrected chi connectivity index (χ4v) is 2.06. The van der Waals surface area contributed by atoms with E-state index in [9.17, 15) is 0 Å². The minimum Gasteiger partial charge on any atom is -0.389 e. The van der Waals surface area contributed by atoms with E-state index in [0.29, 0.717) is 17.2 Å². The van der Waals surface area contributed by atoms with Gasteiger partial charge in [0, 0.05) is 11.4 Å². The molecule has 1 aromatic heterocycles. The molecule has 0 amide bonds. The number of nitrogens with one attached hydrogen (secondary N) is 1. The van der Waals surface area contributed by atoms with E-state index < -0.39 is 0 Å². The Morgan fingerprint density at radius 1 is 1.55 bits per heavy atom. The van der Waals surface area contributed by atoms with Gasteiger partial charge in [0.05, 0.1) is 11.9 Å². The molecule has 0 spiro atoms. The van der Waals surface area contributed by atoms with Gasteiger partial charge in [0.2, 0.25) is 0 Å². The molecule has 0 atom stereocenters. The highest BCUT2D eigenvalue weighted by Crippen LogP contribution is 2.19. The molecule has 4 nitrogen and oxygen atoms in total. The van der Waals surface area contributed by atoms with Gasteiger partial charge in [-0.25, -0.2) is 0 Å². The van der Waals surface area contributed by atoms with E-state index >= 15 is 0 Å². The number of thiocarbonyl (C=S) groups is 1. The third kappa shape index (κ3) is 4.32. The zero-order valence-corrected chi connectivity index (χ0v) is 13.1. The van der Waals surface area contributed by atoms with Crippen molar-refractivity contribution in [1.82, 2.24) is 4.98 Å². The van der Waals surface area contributed by atoms with Crippen LogP contribution in [0, 0.1) is 24.2 Å². The fraction of sp³-hybridized carbons (Fsp3) is 0.400. The van der Waals surface area contributed by atoms with Crippen LogP contribution in [0.5, 0.6) is 0 Å². The van der Waals surface area contributed by atoms with E-state index in [4.69, 9.17) is 23.2 Å². The summed E-state index contributed by atoms with van der Waals surface area (Å²) in [4.78, 5) is 4.53. The number of nitriles is 1. The van der Waals surface area contributed by atoms with Gasteiger partial charge < -0.3 is 11.1 Å². The Balaban J connectivity index is 3.00. The van der Waals surface area contributed by atoms with Crippen LogP contribution in [0.2, 0.25) is 0 Å². The van der Waals surface area contributed by atoms with Gasteiger partial charge in [-0.3, -0.25) is 4.98 Å². The van der Waals surface area contributed by atoms with Gasteiger partial charge >= 0.3 is 0 Å². The normalized spacial score (nSPS) is 11.8. The van der Waals surface area contributed by atoms with Crippen molar-refractivity contribution in [2.24, 2.45) is 11.7 Å². The van der Waals surface area contributed by atoms with Gasteiger partial charge in [-0.2, -0.15) is 5.26 Å². The standard InChI is InChI=1S/C15H20N4S/c1-9(2)5-12-6-10(3)14(8-18-12)19-11(4)13(7-16)15(17)20/h6,8-9,19H,5H2,1-4H3,(H2,17,20)/b13-11+. The molecule has 1 rings (SSSR count). The second-order valence-electron chi connectivity index (χ2n) is 5.19. The summed E-state index contributed by atoms with van der Waals surface area (Å²) in [7, 11) is 0. The van der Waals surface area contributed by atoms with E-state index in [1.807, 2.05) is 13.0 Å². The number of rotatable bonds is 5. The topological polar surface area (TPSA) is 74.7 Å². The second kappa shape index (κ2) is 7.01. The summed E-state index contributed by atoms with van der Waals surface area (Å²) < 4.78 is 0.